The van der Waals surface area contributed by atoms with Crippen molar-refractivity contribution in [2.24, 2.45) is 11.7 Å². The lowest BCUT2D eigenvalue weighted by molar-refractivity contribution is -0.122. The van der Waals surface area contributed by atoms with Crippen LogP contribution in [0.4, 0.5) is 5.69 Å². The van der Waals surface area contributed by atoms with Crippen molar-refractivity contribution in [2.75, 3.05) is 18.0 Å². The number of hydrogen-bond donors (Lipinski definition) is 1. The predicted octanol–water partition coefficient (Wildman–Crippen LogP) is 2.66. The molecule has 98 valence electrons. The molecule has 0 aromatic heterocycles. The third-order valence-corrected chi connectivity index (χ3v) is 3.90. The van der Waals surface area contributed by atoms with Crippen LogP contribution in [0.15, 0.2) is 12.1 Å². The number of aryl methyl sites for hydroxylation is 2. The molecule has 1 saturated heterocycles. The largest absolute Gasteiger partial charge is 0.370 e. The minimum atomic E-state index is -0.179. The summed E-state index contributed by atoms with van der Waals surface area (Å²) < 4.78 is 0. The number of halogens is 1. The number of carbonyl (C=O) groups excluding carboxylic acids is 1. The molecule has 1 aliphatic heterocycles. The van der Waals surface area contributed by atoms with E-state index in [4.69, 9.17) is 17.3 Å². The molecule has 1 aromatic rings. The van der Waals surface area contributed by atoms with Crippen molar-refractivity contribution in [3.8, 4) is 0 Å². The Labute approximate surface area is 113 Å². The summed E-state index contributed by atoms with van der Waals surface area (Å²) in [7, 11) is 0. The van der Waals surface area contributed by atoms with Gasteiger partial charge in [-0.05, 0) is 43.9 Å². The molecule has 0 aliphatic carbocycles. The molecule has 2 rings (SSSR count). The van der Waals surface area contributed by atoms with Gasteiger partial charge in [0, 0.05) is 19.0 Å². The number of primary amides is 1. The molecule has 2 N–H and O–H groups in total. The fourth-order valence-corrected chi connectivity index (χ4v) is 3.14. The summed E-state index contributed by atoms with van der Waals surface area (Å²) in [6.45, 7) is 5.81. The topological polar surface area (TPSA) is 46.3 Å². The first-order chi connectivity index (χ1) is 8.49. The molecule has 1 amide bonds. The van der Waals surface area contributed by atoms with E-state index in [0.29, 0.717) is 0 Å². The van der Waals surface area contributed by atoms with Gasteiger partial charge in [-0.15, -0.1) is 0 Å². The quantitative estimate of drug-likeness (QED) is 0.895. The summed E-state index contributed by atoms with van der Waals surface area (Å²) >= 11 is 6.33. The van der Waals surface area contributed by atoms with Crippen molar-refractivity contribution in [1.82, 2.24) is 0 Å². The van der Waals surface area contributed by atoms with Gasteiger partial charge in [0.15, 0.2) is 0 Å². The van der Waals surface area contributed by atoms with Crippen LogP contribution in [0, 0.1) is 19.8 Å². The number of rotatable bonds is 2. The molecule has 4 heteroatoms. The highest BCUT2D eigenvalue weighted by Crippen LogP contribution is 2.33. The first-order valence-corrected chi connectivity index (χ1v) is 6.68. The number of hydrogen-bond acceptors (Lipinski definition) is 2. The van der Waals surface area contributed by atoms with Crippen molar-refractivity contribution in [1.29, 1.82) is 0 Å². The summed E-state index contributed by atoms with van der Waals surface area (Å²) in [5.74, 6) is -0.160. The summed E-state index contributed by atoms with van der Waals surface area (Å²) in [6.07, 6.45) is 1.64. The Kier molecular flexibility index (Phi) is 3.81. The molecule has 3 nitrogen and oxygen atoms in total. The molecular formula is C14H19ClN2O. The zero-order valence-electron chi connectivity index (χ0n) is 10.9. The third kappa shape index (κ3) is 2.61. The summed E-state index contributed by atoms with van der Waals surface area (Å²) in [5, 5.41) is 0.796. The average molecular weight is 267 g/mol. The van der Waals surface area contributed by atoms with E-state index in [-0.39, 0.29) is 11.8 Å². The fourth-order valence-electron chi connectivity index (χ4n) is 2.70. The van der Waals surface area contributed by atoms with Gasteiger partial charge in [-0.25, -0.2) is 0 Å². The van der Waals surface area contributed by atoms with Gasteiger partial charge in [-0.2, -0.15) is 0 Å². The normalized spacial score (nSPS) is 16.9. The zero-order valence-corrected chi connectivity index (χ0v) is 11.6. The molecule has 1 aromatic carbocycles. The van der Waals surface area contributed by atoms with E-state index >= 15 is 0 Å². The second-order valence-electron chi connectivity index (χ2n) is 5.08. The first-order valence-electron chi connectivity index (χ1n) is 6.30. The van der Waals surface area contributed by atoms with E-state index in [1.54, 1.807) is 0 Å². The summed E-state index contributed by atoms with van der Waals surface area (Å²) in [5.41, 5.74) is 8.82. The number of carbonyl (C=O) groups is 1. The predicted molar refractivity (Wildman–Crippen MR) is 75.1 cm³/mol. The molecule has 0 spiro atoms. The monoisotopic (exact) mass is 266 g/mol. The van der Waals surface area contributed by atoms with Crippen LogP contribution in [0.25, 0.3) is 0 Å². The Hall–Kier alpha value is -1.22. The Balaban J connectivity index is 2.17. The molecule has 0 atom stereocenters. The standard InChI is InChI=1S/C14H19ClN2O/c1-9-7-10(2)13(12(15)8-9)17-5-3-11(4-6-17)14(16)18/h7-8,11H,3-6H2,1-2H3,(H2,16,18). The lowest BCUT2D eigenvalue weighted by Crippen LogP contribution is -2.39. The second-order valence-corrected chi connectivity index (χ2v) is 5.48. The highest BCUT2D eigenvalue weighted by atomic mass is 35.5. The maximum atomic E-state index is 11.2. The number of nitrogens with zero attached hydrogens (tertiary/aromatic N) is 1. The van der Waals surface area contributed by atoms with Crippen LogP contribution in [-0.4, -0.2) is 19.0 Å². The van der Waals surface area contributed by atoms with Crippen LogP contribution >= 0.6 is 11.6 Å². The van der Waals surface area contributed by atoms with Gasteiger partial charge in [-0.3, -0.25) is 4.79 Å². The maximum absolute atomic E-state index is 11.2. The average Bonchev–Trinajstić information content (AvgIpc) is 2.28. The molecule has 0 radical (unpaired) electrons. The summed E-state index contributed by atoms with van der Waals surface area (Å²) in [4.78, 5) is 13.4. The number of piperidine rings is 1. The SMILES string of the molecule is Cc1cc(C)c(N2CCC(C(N)=O)CC2)c(Cl)c1. The number of amides is 1. The third-order valence-electron chi connectivity index (χ3n) is 3.61. The Bertz CT molecular complexity index is 442. The molecule has 1 aliphatic rings. The van der Waals surface area contributed by atoms with E-state index in [0.717, 1.165) is 36.6 Å². The molecule has 0 bridgehead atoms. The smallest absolute Gasteiger partial charge is 0.220 e. The Morgan fingerprint density at radius 1 is 1.33 bits per heavy atom. The van der Waals surface area contributed by atoms with Crippen molar-refractivity contribution in [3.63, 3.8) is 0 Å². The molecule has 18 heavy (non-hydrogen) atoms. The number of anilines is 1. The molecule has 0 unspecified atom stereocenters. The van der Waals surface area contributed by atoms with E-state index in [9.17, 15) is 4.79 Å². The number of nitrogens with two attached hydrogens (primary N) is 1. The van der Waals surface area contributed by atoms with Gasteiger partial charge in [0.1, 0.15) is 0 Å². The molecule has 1 fully saturated rings. The molecule has 1 heterocycles. The van der Waals surface area contributed by atoms with Crippen LogP contribution in [0.5, 0.6) is 0 Å². The van der Waals surface area contributed by atoms with E-state index in [2.05, 4.69) is 17.9 Å². The highest BCUT2D eigenvalue weighted by Gasteiger charge is 2.25. The Morgan fingerprint density at radius 2 is 1.94 bits per heavy atom. The lowest BCUT2D eigenvalue weighted by atomic mass is 9.95. The molecule has 0 saturated carbocycles. The van der Waals surface area contributed by atoms with Crippen LogP contribution in [0.3, 0.4) is 0 Å². The minimum Gasteiger partial charge on any atom is -0.370 e. The fraction of sp³-hybridized carbons (Fsp3) is 0.500. The van der Waals surface area contributed by atoms with Crippen molar-refractivity contribution < 1.29 is 4.79 Å². The zero-order chi connectivity index (χ0) is 13.3. The van der Waals surface area contributed by atoms with Crippen molar-refractivity contribution >= 4 is 23.2 Å². The first kappa shape index (κ1) is 13.2. The summed E-state index contributed by atoms with van der Waals surface area (Å²) in [6, 6.07) is 4.13. The van der Waals surface area contributed by atoms with Crippen LogP contribution in [0.2, 0.25) is 5.02 Å². The van der Waals surface area contributed by atoms with E-state index in [1.165, 1.54) is 11.1 Å². The van der Waals surface area contributed by atoms with Crippen LogP contribution in [-0.2, 0) is 4.79 Å². The van der Waals surface area contributed by atoms with Gasteiger partial charge in [-0.1, -0.05) is 17.7 Å². The number of benzene rings is 1. The van der Waals surface area contributed by atoms with Gasteiger partial charge in [0.25, 0.3) is 0 Å². The minimum absolute atomic E-state index is 0.0192. The van der Waals surface area contributed by atoms with Crippen molar-refractivity contribution in [2.45, 2.75) is 26.7 Å². The highest BCUT2D eigenvalue weighted by molar-refractivity contribution is 6.33. The van der Waals surface area contributed by atoms with E-state index < -0.39 is 0 Å². The van der Waals surface area contributed by atoms with Gasteiger partial charge in [0.2, 0.25) is 5.91 Å². The lowest BCUT2D eigenvalue weighted by Gasteiger charge is -2.34. The molecular weight excluding hydrogens is 248 g/mol. The maximum Gasteiger partial charge on any atom is 0.220 e. The van der Waals surface area contributed by atoms with Crippen LogP contribution in [0.1, 0.15) is 24.0 Å². The van der Waals surface area contributed by atoms with Gasteiger partial charge < -0.3 is 10.6 Å². The van der Waals surface area contributed by atoms with Crippen LogP contribution < -0.4 is 10.6 Å². The van der Waals surface area contributed by atoms with Gasteiger partial charge in [0.05, 0.1) is 10.7 Å². The second kappa shape index (κ2) is 5.19. The van der Waals surface area contributed by atoms with Crippen molar-refractivity contribution in [3.05, 3.63) is 28.3 Å². The Morgan fingerprint density at radius 3 is 2.44 bits per heavy atom. The van der Waals surface area contributed by atoms with E-state index in [1.807, 2.05) is 13.0 Å². The van der Waals surface area contributed by atoms with Gasteiger partial charge >= 0.3 is 0 Å².